The van der Waals surface area contributed by atoms with Gasteiger partial charge in [0.05, 0.1) is 11.3 Å². The van der Waals surface area contributed by atoms with E-state index >= 15 is 0 Å². The number of nitrogens with one attached hydrogen (secondary N) is 1. The lowest BCUT2D eigenvalue weighted by atomic mass is 9.71. The first-order chi connectivity index (χ1) is 15.0. The van der Waals surface area contributed by atoms with Crippen LogP contribution in [0.15, 0.2) is 60.7 Å². The van der Waals surface area contributed by atoms with Crippen molar-refractivity contribution in [2.75, 3.05) is 5.32 Å². The molecule has 0 amide bonds. The van der Waals surface area contributed by atoms with Gasteiger partial charge in [0.1, 0.15) is 0 Å². The summed E-state index contributed by atoms with van der Waals surface area (Å²) in [5.41, 5.74) is 9.07. The first-order valence-electron chi connectivity index (χ1n) is 10.9. The monoisotopic (exact) mass is 407 g/mol. The fraction of sp³-hybridized carbons (Fsp3) is 0.214. The van der Waals surface area contributed by atoms with Crippen LogP contribution in [0.3, 0.4) is 0 Å². The number of ketones is 2. The van der Waals surface area contributed by atoms with Crippen LogP contribution >= 0.6 is 0 Å². The number of carbonyl (C=O) groups excluding carboxylic acids is 2. The van der Waals surface area contributed by atoms with Crippen LogP contribution in [0, 0.1) is 13.8 Å². The third-order valence-electron chi connectivity index (χ3n) is 6.43. The van der Waals surface area contributed by atoms with Crippen LogP contribution in [0.4, 0.5) is 11.4 Å². The summed E-state index contributed by atoms with van der Waals surface area (Å²) in [6, 6.07) is 17.9. The van der Waals surface area contributed by atoms with Crippen LogP contribution in [-0.4, -0.2) is 11.6 Å². The topological polar surface area (TPSA) is 46.2 Å². The van der Waals surface area contributed by atoms with Gasteiger partial charge >= 0.3 is 0 Å². The highest BCUT2D eigenvalue weighted by atomic mass is 16.1. The molecule has 0 aliphatic heterocycles. The van der Waals surface area contributed by atoms with Crippen LogP contribution in [0.25, 0.3) is 5.57 Å². The van der Waals surface area contributed by atoms with Crippen LogP contribution < -0.4 is 5.32 Å². The number of anilines is 2. The number of allylic oxidation sites excluding steroid dienone is 1. The molecule has 0 bridgehead atoms. The van der Waals surface area contributed by atoms with E-state index in [2.05, 4.69) is 44.3 Å². The highest BCUT2D eigenvalue weighted by Crippen LogP contribution is 2.47. The molecule has 2 aliphatic rings. The number of benzene rings is 3. The van der Waals surface area contributed by atoms with E-state index in [-0.39, 0.29) is 17.5 Å². The van der Waals surface area contributed by atoms with E-state index in [0.29, 0.717) is 11.1 Å². The molecule has 0 saturated heterocycles. The largest absolute Gasteiger partial charge is 0.355 e. The second kappa shape index (κ2) is 7.35. The zero-order chi connectivity index (χ0) is 21.7. The van der Waals surface area contributed by atoms with Crippen molar-refractivity contribution in [3.8, 4) is 0 Å². The Morgan fingerprint density at radius 3 is 2.35 bits per heavy atom. The normalized spacial score (nSPS) is 16.5. The van der Waals surface area contributed by atoms with Gasteiger partial charge in [-0.3, -0.25) is 9.59 Å². The predicted octanol–water partition coefficient (Wildman–Crippen LogP) is 6.49. The minimum atomic E-state index is -0.185. The number of hydrogen-bond donors (Lipinski definition) is 1. The maximum absolute atomic E-state index is 13.7. The maximum atomic E-state index is 13.7. The van der Waals surface area contributed by atoms with Crippen LogP contribution in [0.5, 0.6) is 0 Å². The van der Waals surface area contributed by atoms with E-state index in [9.17, 15) is 9.59 Å². The van der Waals surface area contributed by atoms with Crippen molar-refractivity contribution in [1.82, 2.24) is 0 Å². The molecule has 0 unspecified atom stereocenters. The van der Waals surface area contributed by atoms with Crippen molar-refractivity contribution in [3.63, 3.8) is 0 Å². The van der Waals surface area contributed by atoms with Gasteiger partial charge in [-0.2, -0.15) is 0 Å². The van der Waals surface area contributed by atoms with E-state index in [1.165, 1.54) is 5.56 Å². The van der Waals surface area contributed by atoms with Crippen LogP contribution in [-0.2, 0) is 4.79 Å². The minimum Gasteiger partial charge on any atom is -0.355 e. The van der Waals surface area contributed by atoms with Gasteiger partial charge in [-0.25, -0.2) is 0 Å². The molecule has 0 radical (unpaired) electrons. The van der Waals surface area contributed by atoms with E-state index in [4.69, 9.17) is 0 Å². The number of hydrogen-bond acceptors (Lipinski definition) is 3. The molecule has 3 aromatic carbocycles. The zero-order valence-corrected chi connectivity index (χ0v) is 18.1. The summed E-state index contributed by atoms with van der Waals surface area (Å²) in [5.74, 6) is -0.0354. The summed E-state index contributed by atoms with van der Waals surface area (Å²) >= 11 is 0. The molecule has 3 nitrogen and oxygen atoms in total. The van der Waals surface area contributed by atoms with Crippen LogP contribution in [0.1, 0.15) is 69.4 Å². The third kappa shape index (κ3) is 3.04. The van der Waals surface area contributed by atoms with Crippen molar-refractivity contribution >= 4 is 28.5 Å². The van der Waals surface area contributed by atoms with Gasteiger partial charge in [0.15, 0.2) is 11.6 Å². The van der Waals surface area contributed by atoms with E-state index in [1.54, 1.807) is 6.08 Å². The summed E-state index contributed by atoms with van der Waals surface area (Å²) in [6.45, 7) is 6.23. The van der Waals surface area contributed by atoms with Gasteiger partial charge in [-0.05, 0) is 66.3 Å². The molecule has 3 aromatic rings. The quantitative estimate of drug-likeness (QED) is 0.421. The second-order valence-corrected chi connectivity index (χ2v) is 8.57. The summed E-state index contributed by atoms with van der Waals surface area (Å²) in [5, 5.41) is 3.51. The Morgan fingerprint density at radius 2 is 1.61 bits per heavy atom. The van der Waals surface area contributed by atoms with Crippen molar-refractivity contribution < 1.29 is 9.59 Å². The van der Waals surface area contributed by atoms with Gasteiger partial charge < -0.3 is 5.32 Å². The Balaban J connectivity index is 1.75. The highest BCUT2D eigenvalue weighted by Gasteiger charge is 2.37. The molecule has 5 rings (SSSR count). The lowest BCUT2D eigenvalue weighted by Gasteiger charge is -2.32. The molecule has 1 N–H and O–H groups in total. The van der Waals surface area contributed by atoms with Crippen molar-refractivity contribution in [2.45, 2.75) is 39.5 Å². The summed E-state index contributed by atoms with van der Waals surface area (Å²) < 4.78 is 0. The van der Waals surface area contributed by atoms with E-state index < -0.39 is 0 Å². The lowest BCUT2D eigenvalue weighted by Crippen LogP contribution is -2.25. The molecular weight excluding hydrogens is 382 g/mol. The molecule has 1 atom stereocenters. The van der Waals surface area contributed by atoms with Gasteiger partial charge in [-0.15, -0.1) is 0 Å². The van der Waals surface area contributed by atoms with Crippen molar-refractivity contribution in [3.05, 3.63) is 99.6 Å². The standard InChI is InChI=1S/C28H25NO2/c1-4-7-19-20-11-13-24(29-23-12-10-16(2)14-17(23)3)27-26(20)22(15-25(19)30)18-8-5-6-9-21(18)28(27)31/h5-6,8-15,19,29H,4,7H2,1-3H3/t19-/m0/s1. The third-order valence-corrected chi connectivity index (χ3v) is 6.43. The van der Waals surface area contributed by atoms with Gasteiger partial charge in [-0.1, -0.05) is 61.4 Å². The number of fused-ring (bicyclic) bond motifs is 2. The maximum Gasteiger partial charge on any atom is 0.196 e. The molecule has 2 aliphatic carbocycles. The zero-order valence-electron chi connectivity index (χ0n) is 18.1. The molecule has 3 heteroatoms. The van der Waals surface area contributed by atoms with Crippen LogP contribution in [0.2, 0.25) is 0 Å². The average molecular weight is 408 g/mol. The second-order valence-electron chi connectivity index (χ2n) is 8.57. The summed E-state index contributed by atoms with van der Waals surface area (Å²) in [7, 11) is 0. The molecule has 0 spiro atoms. The van der Waals surface area contributed by atoms with Gasteiger partial charge in [0, 0.05) is 17.2 Å². The fourth-order valence-corrected chi connectivity index (χ4v) is 4.96. The minimum absolute atomic E-state index is 0.0152. The summed E-state index contributed by atoms with van der Waals surface area (Å²) in [4.78, 5) is 26.7. The fourth-order valence-electron chi connectivity index (χ4n) is 4.96. The van der Waals surface area contributed by atoms with Gasteiger partial charge in [0.25, 0.3) is 0 Å². The molecule has 154 valence electrons. The molecule has 0 saturated carbocycles. The Kier molecular flexibility index (Phi) is 4.62. The van der Waals surface area contributed by atoms with Gasteiger partial charge in [0.2, 0.25) is 0 Å². The number of carbonyl (C=O) groups is 2. The SMILES string of the molecule is CCC[C@@H]1C(=O)C=C2c3ccccc3C(=O)c3c(Nc4ccc(C)cc4C)ccc1c32. The Morgan fingerprint density at radius 1 is 0.871 bits per heavy atom. The Hall–Kier alpha value is -3.46. The smallest absolute Gasteiger partial charge is 0.196 e. The lowest BCUT2D eigenvalue weighted by molar-refractivity contribution is -0.116. The number of aryl methyl sites for hydroxylation is 2. The molecular formula is C28H25NO2. The van der Waals surface area contributed by atoms with E-state index in [0.717, 1.165) is 52.0 Å². The average Bonchev–Trinajstić information content (AvgIpc) is 2.76. The highest BCUT2D eigenvalue weighted by molar-refractivity contribution is 6.25. The van der Waals surface area contributed by atoms with Crippen molar-refractivity contribution in [2.24, 2.45) is 0 Å². The predicted molar refractivity (Wildman–Crippen MR) is 125 cm³/mol. The van der Waals surface area contributed by atoms with Crippen molar-refractivity contribution in [1.29, 1.82) is 0 Å². The molecule has 0 fully saturated rings. The number of rotatable bonds is 4. The Labute approximate surface area is 182 Å². The molecule has 0 aromatic heterocycles. The summed E-state index contributed by atoms with van der Waals surface area (Å²) in [6.07, 6.45) is 3.47. The van der Waals surface area contributed by atoms with E-state index in [1.807, 2.05) is 36.4 Å². The molecule has 31 heavy (non-hydrogen) atoms. The first kappa shape index (κ1) is 19.5. The first-order valence-corrected chi connectivity index (χ1v) is 10.9. The molecule has 0 heterocycles. The Bertz CT molecular complexity index is 1280.